The zero-order valence-electron chi connectivity index (χ0n) is 10.8. The predicted molar refractivity (Wildman–Crippen MR) is 77.0 cm³/mol. The van der Waals surface area contributed by atoms with E-state index in [4.69, 9.17) is 27.7 Å². The highest BCUT2D eigenvalue weighted by atomic mass is 35.5. The molecule has 2 aromatic heterocycles. The molecule has 1 atom stereocenters. The molecule has 2 heterocycles. The van der Waals surface area contributed by atoms with Crippen LogP contribution in [0.3, 0.4) is 0 Å². The van der Waals surface area contributed by atoms with Gasteiger partial charge in [0, 0.05) is 18.0 Å². The lowest BCUT2D eigenvalue weighted by Crippen LogP contribution is -2.07. The minimum atomic E-state index is -0.191. The summed E-state index contributed by atoms with van der Waals surface area (Å²) in [6.07, 6.45) is 2.02. The zero-order valence-corrected chi connectivity index (χ0v) is 12.3. The second kappa shape index (κ2) is 5.42. The van der Waals surface area contributed by atoms with Crippen LogP contribution in [0.25, 0.3) is 11.0 Å². The Morgan fingerprint density at radius 3 is 2.95 bits per heavy atom. The lowest BCUT2D eigenvalue weighted by Gasteiger charge is -2.09. The highest BCUT2D eigenvalue weighted by Crippen LogP contribution is 2.26. The van der Waals surface area contributed by atoms with Gasteiger partial charge in [0.25, 0.3) is 0 Å². The van der Waals surface area contributed by atoms with Crippen molar-refractivity contribution in [2.75, 3.05) is 0 Å². The number of nitrogens with zero attached hydrogens (tertiary/aromatic N) is 4. The Morgan fingerprint density at radius 2 is 2.25 bits per heavy atom. The third kappa shape index (κ3) is 2.51. The molecule has 7 heteroatoms. The van der Waals surface area contributed by atoms with E-state index in [1.165, 1.54) is 6.33 Å². The van der Waals surface area contributed by atoms with Crippen LogP contribution >= 0.6 is 23.2 Å². The summed E-state index contributed by atoms with van der Waals surface area (Å²) >= 11 is 12.2. The van der Waals surface area contributed by atoms with Gasteiger partial charge in [0.1, 0.15) is 5.82 Å². The molecule has 0 aliphatic heterocycles. The molecular formula is C13H12Cl2N4O. The number of imidazole rings is 1. The van der Waals surface area contributed by atoms with E-state index in [0.29, 0.717) is 23.9 Å². The number of hydrogen-bond donors (Lipinski definition) is 0. The van der Waals surface area contributed by atoms with E-state index >= 15 is 0 Å². The summed E-state index contributed by atoms with van der Waals surface area (Å²) in [4.78, 5) is 8.57. The molecule has 0 aliphatic carbocycles. The summed E-state index contributed by atoms with van der Waals surface area (Å²) < 4.78 is 7.08. The summed E-state index contributed by atoms with van der Waals surface area (Å²) in [6.45, 7) is 2.57. The Balaban J connectivity index is 2.00. The Morgan fingerprint density at radius 1 is 1.40 bits per heavy atom. The van der Waals surface area contributed by atoms with Crippen molar-refractivity contribution in [1.82, 2.24) is 19.7 Å². The average Bonchev–Trinajstić information content (AvgIpc) is 3.02. The molecule has 5 nitrogen and oxygen atoms in total. The van der Waals surface area contributed by atoms with E-state index in [0.717, 1.165) is 16.9 Å². The maximum atomic E-state index is 6.21. The van der Waals surface area contributed by atoms with Crippen LogP contribution in [-0.4, -0.2) is 19.7 Å². The molecule has 3 rings (SSSR count). The van der Waals surface area contributed by atoms with Crippen molar-refractivity contribution < 1.29 is 4.52 Å². The first kappa shape index (κ1) is 13.4. The number of fused-ring (bicyclic) bond motifs is 1. The van der Waals surface area contributed by atoms with Gasteiger partial charge in [-0.25, -0.2) is 4.98 Å². The third-order valence-electron chi connectivity index (χ3n) is 3.05. The Bertz CT molecular complexity index is 721. The van der Waals surface area contributed by atoms with Crippen LogP contribution in [0.1, 0.15) is 24.0 Å². The highest BCUT2D eigenvalue weighted by Gasteiger charge is 2.15. The van der Waals surface area contributed by atoms with E-state index < -0.39 is 0 Å². The summed E-state index contributed by atoms with van der Waals surface area (Å²) in [5.41, 5.74) is 1.84. The maximum Gasteiger partial charge on any atom is 0.228 e. The van der Waals surface area contributed by atoms with Crippen LogP contribution < -0.4 is 0 Å². The number of halogens is 2. The second-order valence-electron chi connectivity index (χ2n) is 4.46. The fourth-order valence-corrected chi connectivity index (χ4v) is 2.51. The zero-order chi connectivity index (χ0) is 14.1. The summed E-state index contributed by atoms with van der Waals surface area (Å²) in [7, 11) is 0. The topological polar surface area (TPSA) is 56.7 Å². The number of alkyl halides is 1. The van der Waals surface area contributed by atoms with Crippen molar-refractivity contribution in [2.45, 2.75) is 25.3 Å². The fourth-order valence-electron chi connectivity index (χ4n) is 2.17. The summed E-state index contributed by atoms with van der Waals surface area (Å²) in [5.74, 6) is 1.40. The summed E-state index contributed by atoms with van der Waals surface area (Å²) in [6, 6.07) is 5.63. The van der Waals surface area contributed by atoms with Crippen LogP contribution in [0.2, 0.25) is 5.02 Å². The summed E-state index contributed by atoms with van der Waals surface area (Å²) in [5, 5.41) is 4.07. The van der Waals surface area contributed by atoms with Crippen molar-refractivity contribution in [2.24, 2.45) is 0 Å². The van der Waals surface area contributed by atoms with Crippen LogP contribution in [-0.2, 0) is 13.0 Å². The molecule has 0 saturated heterocycles. The SMILES string of the molecule is CC(Cl)c1nc2cc(Cl)ccc2n1CCc1ncno1. The van der Waals surface area contributed by atoms with Crippen molar-refractivity contribution >= 4 is 34.2 Å². The van der Waals surface area contributed by atoms with E-state index in [1.54, 1.807) is 0 Å². The Hall–Kier alpha value is -1.59. The number of benzene rings is 1. The van der Waals surface area contributed by atoms with Gasteiger partial charge in [0.15, 0.2) is 6.33 Å². The van der Waals surface area contributed by atoms with Gasteiger partial charge in [0.05, 0.1) is 16.4 Å². The minimum Gasteiger partial charge on any atom is -0.340 e. The van der Waals surface area contributed by atoms with Gasteiger partial charge in [-0.05, 0) is 25.1 Å². The van der Waals surface area contributed by atoms with E-state index in [9.17, 15) is 0 Å². The van der Waals surface area contributed by atoms with Crippen LogP contribution in [0.15, 0.2) is 29.0 Å². The molecule has 0 radical (unpaired) electrons. The first-order valence-electron chi connectivity index (χ1n) is 6.20. The molecule has 104 valence electrons. The average molecular weight is 311 g/mol. The first-order valence-corrected chi connectivity index (χ1v) is 7.02. The van der Waals surface area contributed by atoms with E-state index in [1.807, 2.05) is 25.1 Å². The molecule has 0 bridgehead atoms. The molecule has 0 spiro atoms. The number of hydrogen-bond acceptors (Lipinski definition) is 4. The fraction of sp³-hybridized carbons (Fsp3) is 0.308. The molecule has 1 unspecified atom stereocenters. The second-order valence-corrected chi connectivity index (χ2v) is 5.55. The van der Waals surface area contributed by atoms with Crippen LogP contribution in [0.5, 0.6) is 0 Å². The van der Waals surface area contributed by atoms with Crippen LogP contribution in [0, 0.1) is 0 Å². The number of aromatic nitrogens is 4. The monoisotopic (exact) mass is 310 g/mol. The number of rotatable bonds is 4. The molecule has 0 amide bonds. The van der Waals surface area contributed by atoms with Gasteiger partial charge in [-0.15, -0.1) is 11.6 Å². The molecule has 0 N–H and O–H groups in total. The lowest BCUT2D eigenvalue weighted by molar-refractivity contribution is 0.371. The third-order valence-corrected chi connectivity index (χ3v) is 3.48. The van der Waals surface area contributed by atoms with E-state index in [-0.39, 0.29) is 5.38 Å². The van der Waals surface area contributed by atoms with Crippen molar-refractivity contribution in [3.8, 4) is 0 Å². The molecular weight excluding hydrogens is 299 g/mol. The van der Waals surface area contributed by atoms with Gasteiger partial charge < -0.3 is 9.09 Å². The Labute approximate surface area is 125 Å². The quantitative estimate of drug-likeness (QED) is 0.691. The van der Waals surface area contributed by atoms with Gasteiger partial charge >= 0.3 is 0 Å². The molecule has 20 heavy (non-hydrogen) atoms. The van der Waals surface area contributed by atoms with E-state index in [2.05, 4.69) is 19.7 Å². The minimum absolute atomic E-state index is 0.191. The smallest absolute Gasteiger partial charge is 0.228 e. The molecule has 0 fully saturated rings. The van der Waals surface area contributed by atoms with Crippen molar-refractivity contribution in [3.05, 3.63) is 41.3 Å². The molecule has 0 aliphatic rings. The Kier molecular flexibility index (Phi) is 3.63. The first-order chi connectivity index (χ1) is 9.65. The largest absolute Gasteiger partial charge is 0.340 e. The number of aryl methyl sites for hydroxylation is 2. The normalized spacial score (nSPS) is 12.9. The van der Waals surface area contributed by atoms with Crippen molar-refractivity contribution in [3.63, 3.8) is 0 Å². The molecule has 3 aromatic rings. The molecule has 1 aromatic carbocycles. The molecule has 0 saturated carbocycles. The lowest BCUT2D eigenvalue weighted by atomic mass is 10.3. The van der Waals surface area contributed by atoms with Gasteiger partial charge in [-0.3, -0.25) is 0 Å². The predicted octanol–water partition coefficient (Wildman–Crippen LogP) is 3.62. The van der Waals surface area contributed by atoms with Crippen molar-refractivity contribution in [1.29, 1.82) is 0 Å². The highest BCUT2D eigenvalue weighted by molar-refractivity contribution is 6.31. The van der Waals surface area contributed by atoms with Crippen LogP contribution in [0.4, 0.5) is 0 Å². The van der Waals surface area contributed by atoms with Gasteiger partial charge in [-0.2, -0.15) is 4.98 Å². The van der Waals surface area contributed by atoms with Gasteiger partial charge in [0.2, 0.25) is 5.89 Å². The standard InChI is InChI=1S/C13H12Cl2N4O/c1-8(14)13-18-10-6-9(15)2-3-11(10)19(13)5-4-12-16-7-17-20-12/h2-3,6-8H,4-5H2,1H3. The van der Waals surface area contributed by atoms with Gasteiger partial charge in [-0.1, -0.05) is 16.8 Å². The maximum absolute atomic E-state index is 6.21.